The Morgan fingerprint density at radius 3 is 2.40 bits per heavy atom. The lowest BCUT2D eigenvalue weighted by atomic mass is 9.90. The summed E-state index contributed by atoms with van der Waals surface area (Å²) in [5.74, 6) is 0.630. The van der Waals surface area contributed by atoms with Gasteiger partial charge in [0.1, 0.15) is 5.01 Å². The molecule has 7 nitrogen and oxygen atoms in total. The van der Waals surface area contributed by atoms with Crippen LogP contribution in [0.1, 0.15) is 55.5 Å². The van der Waals surface area contributed by atoms with Gasteiger partial charge in [-0.05, 0) is 30.5 Å². The molecule has 2 aromatic rings. The second kappa shape index (κ2) is 9.55. The van der Waals surface area contributed by atoms with Crippen LogP contribution in [-0.2, 0) is 16.0 Å². The minimum absolute atomic E-state index is 0.0991. The number of piperazine rings is 1. The van der Waals surface area contributed by atoms with Crippen molar-refractivity contribution < 1.29 is 9.59 Å². The summed E-state index contributed by atoms with van der Waals surface area (Å²) in [5, 5.41) is 13.8. The van der Waals surface area contributed by atoms with E-state index in [0.717, 1.165) is 29.5 Å². The van der Waals surface area contributed by atoms with Gasteiger partial charge in [0.05, 0.1) is 6.42 Å². The first-order valence-electron chi connectivity index (χ1n) is 10.8. The van der Waals surface area contributed by atoms with Gasteiger partial charge >= 0.3 is 0 Å². The van der Waals surface area contributed by atoms with Crippen molar-refractivity contribution in [2.45, 2.75) is 51.4 Å². The van der Waals surface area contributed by atoms with E-state index in [9.17, 15) is 9.59 Å². The molecule has 160 valence electrons. The standard InChI is InChI=1S/C22H29N5O2S/c1-16(28)23-19-9-7-17(8-10-19)15-20(29)26-11-13-27(14-12-26)22-25-24-21(30-22)18-5-3-2-4-6-18/h7-10,18H,2-6,11-15H2,1H3,(H,23,28). The second-order valence-electron chi connectivity index (χ2n) is 8.18. The minimum Gasteiger partial charge on any atom is -0.343 e. The van der Waals surface area contributed by atoms with Crippen LogP contribution in [0.5, 0.6) is 0 Å². The zero-order chi connectivity index (χ0) is 20.9. The molecule has 8 heteroatoms. The van der Waals surface area contributed by atoms with Crippen molar-refractivity contribution in [1.29, 1.82) is 0 Å². The maximum atomic E-state index is 12.7. The van der Waals surface area contributed by atoms with Crippen molar-refractivity contribution >= 4 is 34.0 Å². The Kier molecular flexibility index (Phi) is 6.62. The molecule has 1 N–H and O–H groups in total. The van der Waals surface area contributed by atoms with E-state index in [1.165, 1.54) is 44.0 Å². The van der Waals surface area contributed by atoms with Crippen molar-refractivity contribution in [2.75, 3.05) is 36.4 Å². The topological polar surface area (TPSA) is 78.4 Å². The van der Waals surface area contributed by atoms with Gasteiger partial charge in [-0.15, -0.1) is 10.2 Å². The Balaban J connectivity index is 1.27. The maximum Gasteiger partial charge on any atom is 0.227 e. The number of nitrogens with zero attached hydrogens (tertiary/aromatic N) is 4. The number of hydrogen-bond acceptors (Lipinski definition) is 6. The molecular formula is C22H29N5O2S. The van der Waals surface area contributed by atoms with E-state index < -0.39 is 0 Å². The fourth-order valence-electron chi connectivity index (χ4n) is 4.21. The maximum absolute atomic E-state index is 12.7. The van der Waals surface area contributed by atoms with Crippen molar-refractivity contribution in [1.82, 2.24) is 15.1 Å². The first-order chi connectivity index (χ1) is 14.6. The number of rotatable bonds is 5. The highest BCUT2D eigenvalue weighted by molar-refractivity contribution is 7.15. The lowest BCUT2D eigenvalue weighted by Crippen LogP contribution is -2.49. The van der Waals surface area contributed by atoms with E-state index in [0.29, 0.717) is 25.4 Å². The molecule has 1 aromatic carbocycles. The summed E-state index contributed by atoms with van der Waals surface area (Å²) < 4.78 is 0. The van der Waals surface area contributed by atoms with Crippen LogP contribution in [0, 0.1) is 0 Å². The van der Waals surface area contributed by atoms with E-state index in [4.69, 9.17) is 0 Å². The lowest BCUT2D eigenvalue weighted by Gasteiger charge is -2.34. The van der Waals surface area contributed by atoms with Gasteiger partial charge in [-0.25, -0.2) is 0 Å². The van der Waals surface area contributed by atoms with Gasteiger partial charge in [0, 0.05) is 44.7 Å². The van der Waals surface area contributed by atoms with E-state index in [-0.39, 0.29) is 11.8 Å². The fourth-order valence-corrected chi connectivity index (χ4v) is 5.28. The molecule has 0 unspecified atom stereocenters. The Morgan fingerprint density at radius 1 is 1.03 bits per heavy atom. The molecule has 0 atom stereocenters. The number of carbonyl (C=O) groups excluding carboxylic acids is 2. The number of benzene rings is 1. The molecule has 30 heavy (non-hydrogen) atoms. The van der Waals surface area contributed by atoms with Crippen LogP contribution in [0.25, 0.3) is 0 Å². The van der Waals surface area contributed by atoms with Crippen molar-refractivity contribution in [3.05, 3.63) is 34.8 Å². The highest BCUT2D eigenvalue weighted by Crippen LogP contribution is 2.36. The average Bonchev–Trinajstić information content (AvgIpc) is 3.26. The quantitative estimate of drug-likeness (QED) is 0.791. The summed E-state index contributed by atoms with van der Waals surface area (Å²) in [6.07, 6.45) is 6.81. The van der Waals surface area contributed by atoms with Crippen molar-refractivity contribution in [3.63, 3.8) is 0 Å². The van der Waals surface area contributed by atoms with Crippen LogP contribution in [0.3, 0.4) is 0 Å². The highest BCUT2D eigenvalue weighted by Gasteiger charge is 2.25. The molecular weight excluding hydrogens is 398 g/mol. The summed E-state index contributed by atoms with van der Waals surface area (Å²) in [6.45, 7) is 4.50. The largest absolute Gasteiger partial charge is 0.343 e. The monoisotopic (exact) mass is 427 g/mol. The summed E-state index contributed by atoms with van der Waals surface area (Å²) >= 11 is 1.73. The third-order valence-corrected chi connectivity index (χ3v) is 7.06. The number of anilines is 2. The molecule has 1 saturated heterocycles. The minimum atomic E-state index is -0.0991. The number of hydrogen-bond donors (Lipinski definition) is 1. The van der Waals surface area contributed by atoms with Gasteiger partial charge in [0.15, 0.2) is 0 Å². The third kappa shape index (κ3) is 5.16. The van der Waals surface area contributed by atoms with Crippen LogP contribution in [-0.4, -0.2) is 53.1 Å². The number of aromatic nitrogens is 2. The average molecular weight is 428 g/mol. The van der Waals surface area contributed by atoms with Gasteiger partial charge in [0.2, 0.25) is 16.9 Å². The number of amides is 2. The van der Waals surface area contributed by atoms with E-state index >= 15 is 0 Å². The van der Waals surface area contributed by atoms with Crippen molar-refractivity contribution in [3.8, 4) is 0 Å². The first-order valence-corrected chi connectivity index (χ1v) is 11.6. The molecule has 0 bridgehead atoms. The SMILES string of the molecule is CC(=O)Nc1ccc(CC(=O)N2CCN(c3nnc(C4CCCCC4)s3)CC2)cc1. The van der Waals surface area contributed by atoms with Crippen LogP contribution < -0.4 is 10.2 Å². The van der Waals surface area contributed by atoms with Crippen LogP contribution in [0.2, 0.25) is 0 Å². The number of carbonyl (C=O) groups is 2. The zero-order valence-electron chi connectivity index (χ0n) is 17.5. The molecule has 1 aliphatic heterocycles. The predicted octanol–water partition coefficient (Wildman–Crippen LogP) is 3.44. The zero-order valence-corrected chi connectivity index (χ0v) is 18.3. The molecule has 2 aliphatic rings. The van der Waals surface area contributed by atoms with Crippen LogP contribution >= 0.6 is 11.3 Å². The number of nitrogens with one attached hydrogen (secondary N) is 1. The molecule has 4 rings (SSSR count). The fraction of sp³-hybridized carbons (Fsp3) is 0.545. The van der Waals surface area contributed by atoms with E-state index in [1.54, 1.807) is 11.3 Å². The van der Waals surface area contributed by atoms with Gasteiger partial charge in [-0.3, -0.25) is 9.59 Å². The molecule has 1 aliphatic carbocycles. The third-order valence-electron chi connectivity index (χ3n) is 5.92. The Labute approximate surface area is 181 Å². The summed E-state index contributed by atoms with van der Waals surface area (Å²) in [7, 11) is 0. The van der Waals surface area contributed by atoms with Gasteiger partial charge in [0.25, 0.3) is 0 Å². The van der Waals surface area contributed by atoms with Crippen LogP contribution in [0.15, 0.2) is 24.3 Å². The molecule has 2 heterocycles. The first kappa shape index (κ1) is 20.8. The molecule has 0 spiro atoms. The Bertz CT molecular complexity index is 868. The molecule has 1 saturated carbocycles. The Hall–Kier alpha value is -2.48. The van der Waals surface area contributed by atoms with Crippen LogP contribution in [0.4, 0.5) is 10.8 Å². The lowest BCUT2D eigenvalue weighted by molar-refractivity contribution is -0.130. The molecule has 2 fully saturated rings. The second-order valence-corrected chi connectivity index (χ2v) is 9.17. The van der Waals surface area contributed by atoms with E-state index in [2.05, 4.69) is 20.4 Å². The van der Waals surface area contributed by atoms with Gasteiger partial charge in [-0.2, -0.15) is 0 Å². The molecule has 1 aromatic heterocycles. The van der Waals surface area contributed by atoms with Crippen molar-refractivity contribution in [2.24, 2.45) is 0 Å². The van der Waals surface area contributed by atoms with Gasteiger partial charge in [-0.1, -0.05) is 42.7 Å². The summed E-state index contributed by atoms with van der Waals surface area (Å²) in [5.41, 5.74) is 1.70. The predicted molar refractivity (Wildman–Crippen MR) is 119 cm³/mol. The summed E-state index contributed by atoms with van der Waals surface area (Å²) in [6, 6.07) is 7.46. The normalized spacial score (nSPS) is 17.8. The summed E-state index contributed by atoms with van der Waals surface area (Å²) in [4.78, 5) is 28.0. The molecule has 0 radical (unpaired) electrons. The van der Waals surface area contributed by atoms with E-state index in [1.807, 2.05) is 29.2 Å². The van der Waals surface area contributed by atoms with Gasteiger partial charge < -0.3 is 15.1 Å². The smallest absolute Gasteiger partial charge is 0.227 e. The Morgan fingerprint density at radius 2 is 1.73 bits per heavy atom. The molecule has 2 amide bonds. The highest BCUT2D eigenvalue weighted by atomic mass is 32.1.